The van der Waals surface area contributed by atoms with E-state index in [-0.39, 0.29) is 11.9 Å². The second-order valence-corrected chi connectivity index (χ2v) is 4.76. The Morgan fingerprint density at radius 3 is 2.48 bits per heavy atom. The monoisotopic (exact) mass is 285 g/mol. The third kappa shape index (κ3) is 1.79. The van der Waals surface area contributed by atoms with Gasteiger partial charge in [0.05, 0.1) is 6.20 Å². The van der Waals surface area contributed by atoms with E-state index in [2.05, 4.69) is 20.1 Å². The number of hydrogen-bond donors (Lipinski definition) is 1. The third-order valence-corrected chi connectivity index (χ3v) is 3.59. The van der Waals surface area contributed by atoms with Crippen LogP contribution >= 0.6 is 0 Å². The highest BCUT2D eigenvalue weighted by molar-refractivity contribution is 6.08. The van der Waals surface area contributed by atoms with E-state index >= 15 is 0 Å². The molecule has 3 heterocycles. The molecule has 0 saturated carbocycles. The summed E-state index contributed by atoms with van der Waals surface area (Å²) in [5.41, 5.74) is 5.81. The quantitative estimate of drug-likeness (QED) is 0.835. The number of guanidine groups is 1. The van der Waals surface area contributed by atoms with Crippen molar-refractivity contribution in [1.29, 1.82) is 0 Å². The Kier molecular flexibility index (Phi) is 2.93. The van der Waals surface area contributed by atoms with E-state index in [1.165, 1.54) is 11.2 Å². The van der Waals surface area contributed by atoms with Crippen LogP contribution in [0.15, 0.2) is 36.1 Å². The summed E-state index contributed by atoms with van der Waals surface area (Å²) < 4.78 is 1.73. The standard InChI is InChI=1S/C13H15N7O/c1-3-20-7-10(6-17-20)13(9-4-15-8-16-5-9)11(21)19(2)12(14)18-13/h4-8H,3H2,1-2H3,(H2,14,18). The number of amides is 1. The molecule has 1 unspecified atom stereocenters. The molecule has 0 fully saturated rings. The molecule has 1 aliphatic rings. The second kappa shape index (κ2) is 4.65. The number of rotatable bonds is 3. The van der Waals surface area contributed by atoms with Gasteiger partial charge in [-0.05, 0) is 6.92 Å². The molecule has 108 valence electrons. The lowest BCUT2D eigenvalue weighted by Crippen LogP contribution is -2.41. The van der Waals surface area contributed by atoms with Crippen LogP contribution in [0.25, 0.3) is 0 Å². The van der Waals surface area contributed by atoms with Crippen LogP contribution in [-0.4, -0.2) is 43.6 Å². The molecular weight excluding hydrogens is 270 g/mol. The van der Waals surface area contributed by atoms with Crippen LogP contribution in [-0.2, 0) is 16.9 Å². The Morgan fingerprint density at radius 1 is 1.24 bits per heavy atom. The topological polar surface area (TPSA) is 102 Å². The van der Waals surface area contributed by atoms with Crippen molar-refractivity contribution in [3.63, 3.8) is 0 Å². The largest absolute Gasteiger partial charge is 0.369 e. The third-order valence-electron chi connectivity index (χ3n) is 3.59. The first-order valence-corrected chi connectivity index (χ1v) is 6.51. The van der Waals surface area contributed by atoms with Gasteiger partial charge in [0.15, 0.2) is 11.5 Å². The number of carbonyl (C=O) groups excluding carboxylic acids is 1. The maximum Gasteiger partial charge on any atom is 0.266 e. The molecule has 2 N–H and O–H groups in total. The fourth-order valence-electron chi connectivity index (χ4n) is 2.39. The van der Waals surface area contributed by atoms with Gasteiger partial charge in [0, 0.05) is 43.3 Å². The Hall–Kier alpha value is -2.77. The summed E-state index contributed by atoms with van der Waals surface area (Å²) in [4.78, 5) is 26.5. The van der Waals surface area contributed by atoms with Crippen molar-refractivity contribution in [3.05, 3.63) is 42.2 Å². The van der Waals surface area contributed by atoms with Crippen LogP contribution in [0.3, 0.4) is 0 Å². The minimum Gasteiger partial charge on any atom is -0.369 e. The van der Waals surface area contributed by atoms with Gasteiger partial charge in [-0.25, -0.2) is 15.0 Å². The fraction of sp³-hybridized carbons (Fsp3) is 0.308. The fourth-order valence-corrected chi connectivity index (χ4v) is 2.39. The minimum atomic E-state index is -1.26. The zero-order valence-electron chi connectivity index (χ0n) is 11.8. The van der Waals surface area contributed by atoms with E-state index in [9.17, 15) is 4.79 Å². The summed E-state index contributed by atoms with van der Waals surface area (Å²) >= 11 is 0. The Balaban J connectivity index is 2.24. The first-order valence-electron chi connectivity index (χ1n) is 6.51. The number of carbonyl (C=O) groups is 1. The Morgan fingerprint density at radius 2 is 1.95 bits per heavy atom. The number of aliphatic imine (C=N–C) groups is 1. The molecule has 0 aromatic carbocycles. The lowest BCUT2D eigenvalue weighted by atomic mass is 9.86. The number of nitrogens with zero attached hydrogens (tertiary/aromatic N) is 6. The summed E-state index contributed by atoms with van der Waals surface area (Å²) in [5.74, 6) is -0.0847. The summed E-state index contributed by atoms with van der Waals surface area (Å²) in [6, 6.07) is 0. The average Bonchev–Trinajstić information content (AvgIpc) is 3.08. The maximum atomic E-state index is 12.8. The van der Waals surface area contributed by atoms with Crippen molar-refractivity contribution in [2.24, 2.45) is 10.7 Å². The van der Waals surface area contributed by atoms with Crippen LogP contribution in [0.2, 0.25) is 0 Å². The number of aromatic nitrogens is 4. The molecule has 3 rings (SSSR count). The van der Waals surface area contributed by atoms with Crippen LogP contribution in [0, 0.1) is 0 Å². The summed E-state index contributed by atoms with van der Waals surface area (Å²) in [7, 11) is 1.59. The predicted molar refractivity (Wildman–Crippen MR) is 75.1 cm³/mol. The number of hydrogen-bond acceptors (Lipinski definition) is 6. The molecule has 1 atom stereocenters. The average molecular weight is 285 g/mol. The number of nitrogens with two attached hydrogens (primary N) is 1. The van der Waals surface area contributed by atoms with Gasteiger partial charge < -0.3 is 5.73 Å². The zero-order chi connectivity index (χ0) is 15.0. The van der Waals surface area contributed by atoms with Gasteiger partial charge in [-0.3, -0.25) is 14.4 Å². The Bertz CT molecular complexity index is 708. The SMILES string of the molecule is CCn1cc(C2(c3cncnc3)N=C(N)N(C)C2=O)cn1. The highest BCUT2D eigenvalue weighted by atomic mass is 16.2. The van der Waals surface area contributed by atoms with E-state index in [0.717, 1.165) is 0 Å². The maximum absolute atomic E-state index is 12.8. The molecule has 0 spiro atoms. The van der Waals surface area contributed by atoms with Crippen LogP contribution in [0.4, 0.5) is 0 Å². The molecule has 1 aliphatic heterocycles. The first-order chi connectivity index (χ1) is 10.1. The minimum absolute atomic E-state index is 0.160. The first kappa shape index (κ1) is 13.2. The molecule has 8 heteroatoms. The predicted octanol–water partition coefficient (Wildman–Crippen LogP) is -0.277. The summed E-state index contributed by atoms with van der Waals surface area (Å²) in [6.45, 7) is 2.67. The smallest absolute Gasteiger partial charge is 0.266 e. The molecule has 8 nitrogen and oxygen atoms in total. The number of likely N-dealkylation sites (N-methyl/N-ethyl adjacent to an activating group) is 1. The van der Waals surface area contributed by atoms with E-state index < -0.39 is 5.54 Å². The van der Waals surface area contributed by atoms with E-state index in [4.69, 9.17) is 5.73 Å². The van der Waals surface area contributed by atoms with Crippen molar-refractivity contribution in [1.82, 2.24) is 24.6 Å². The van der Waals surface area contributed by atoms with E-state index in [0.29, 0.717) is 17.7 Å². The summed E-state index contributed by atoms with van der Waals surface area (Å²) in [5, 5.41) is 4.23. The Labute approximate surface area is 121 Å². The van der Waals surface area contributed by atoms with Gasteiger partial charge in [0.2, 0.25) is 0 Å². The van der Waals surface area contributed by atoms with Crippen molar-refractivity contribution in [3.8, 4) is 0 Å². The van der Waals surface area contributed by atoms with Crippen molar-refractivity contribution in [2.75, 3.05) is 7.05 Å². The molecule has 0 bridgehead atoms. The molecule has 21 heavy (non-hydrogen) atoms. The van der Waals surface area contributed by atoms with Gasteiger partial charge >= 0.3 is 0 Å². The molecule has 0 aliphatic carbocycles. The number of aryl methyl sites for hydroxylation is 1. The van der Waals surface area contributed by atoms with Gasteiger partial charge in [0.1, 0.15) is 6.33 Å². The molecular formula is C13H15N7O. The summed E-state index contributed by atoms with van der Waals surface area (Å²) in [6.07, 6.45) is 7.97. The van der Waals surface area contributed by atoms with Gasteiger partial charge in [-0.15, -0.1) is 0 Å². The van der Waals surface area contributed by atoms with E-state index in [1.54, 1.807) is 36.5 Å². The zero-order valence-corrected chi connectivity index (χ0v) is 11.8. The van der Waals surface area contributed by atoms with E-state index in [1.807, 2.05) is 6.92 Å². The lowest BCUT2D eigenvalue weighted by Gasteiger charge is -2.23. The molecule has 1 amide bonds. The van der Waals surface area contributed by atoms with Gasteiger partial charge in [-0.2, -0.15) is 5.10 Å². The normalized spacial score (nSPS) is 21.7. The molecule has 0 radical (unpaired) electrons. The molecule has 2 aromatic rings. The van der Waals surface area contributed by atoms with Crippen LogP contribution in [0.5, 0.6) is 0 Å². The second-order valence-electron chi connectivity index (χ2n) is 4.76. The highest BCUT2D eigenvalue weighted by Gasteiger charge is 2.50. The molecule has 0 saturated heterocycles. The lowest BCUT2D eigenvalue weighted by molar-refractivity contribution is -0.129. The van der Waals surface area contributed by atoms with Crippen molar-refractivity contribution < 1.29 is 4.79 Å². The van der Waals surface area contributed by atoms with Gasteiger partial charge in [0.25, 0.3) is 5.91 Å². The van der Waals surface area contributed by atoms with Gasteiger partial charge in [-0.1, -0.05) is 0 Å². The highest BCUT2D eigenvalue weighted by Crippen LogP contribution is 2.38. The van der Waals surface area contributed by atoms with Crippen molar-refractivity contribution >= 4 is 11.9 Å². The van der Waals surface area contributed by atoms with Crippen LogP contribution in [0.1, 0.15) is 18.1 Å². The molecule has 2 aromatic heterocycles. The van der Waals surface area contributed by atoms with Crippen molar-refractivity contribution in [2.45, 2.75) is 19.0 Å². The van der Waals surface area contributed by atoms with Crippen LogP contribution < -0.4 is 5.73 Å².